The molecule has 0 unspecified atom stereocenters. The Kier molecular flexibility index (Phi) is 3.18. The van der Waals surface area contributed by atoms with E-state index in [1.165, 1.54) is 0 Å². The summed E-state index contributed by atoms with van der Waals surface area (Å²) in [6, 6.07) is 5.77. The van der Waals surface area contributed by atoms with Gasteiger partial charge in [0.2, 0.25) is 5.95 Å². The summed E-state index contributed by atoms with van der Waals surface area (Å²) < 4.78 is 2.69. The molecule has 0 aliphatic rings. The van der Waals surface area contributed by atoms with Gasteiger partial charge in [-0.25, -0.2) is 9.97 Å². The summed E-state index contributed by atoms with van der Waals surface area (Å²) in [6.45, 7) is 3.92. The molecule has 0 radical (unpaired) electrons. The number of nitrogens with zero attached hydrogens (tertiary/aromatic N) is 3. The Bertz CT molecular complexity index is 826. The van der Waals surface area contributed by atoms with Crippen LogP contribution in [0.25, 0.3) is 16.9 Å². The van der Waals surface area contributed by atoms with E-state index in [0.29, 0.717) is 16.6 Å². The van der Waals surface area contributed by atoms with Gasteiger partial charge in [0.05, 0.1) is 5.69 Å². The van der Waals surface area contributed by atoms with Crippen LogP contribution >= 0.6 is 27.5 Å². The molecule has 0 fully saturated rings. The second-order valence-corrected chi connectivity index (χ2v) is 5.98. The van der Waals surface area contributed by atoms with Crippen LogP contribution in [-0.2, 0) is 0 Å². The van der Waals surface area contributed by atoms with Gasteiger partial charge in [0.15, 0.2) is 5.65 Å². The first-order valence-electron chi connectivity index (χ1n) is 6.04. The molecule has 3 rings (SSSR count). The normalized spacial score (nSPS) is 11.2. The number of nitrogens with two attached hydrogens (primary N) is 1. The molecule has 1 aromatic carbocycles. The maximum Gasteiger partial charge on any atom is 0.207 e. The minimum atomic E-state index is 0.388. The number of pyridine rings is 1. The predicted molar refractivity (Wildman–Crippen MR) is 85.5 cm³/mol. The molecule has 2 aromatic heterocycles. The van der Waals surface area contributed by atoms with E-state index in [-0.39, 0.29) is 0 Å². The van der Waals surface area contributed by atoms with Gasteiger partial charge < -0.3 is 5.73 Å². The average Bonchev–Trinajstić information content (AvgIpc) is 2.69. The van der Waals surface area contributed by atoms with Crippen molar-refractivity contribution in [1.82, 2.24) is 14.5 Å². The van der Waals surface area contributed by atoms with Crippen LogP contribution in [0.15, 0.2) is 28.9 Å². The fourth-order valence-electron chi connectivity index (χ4n) is 2.13. The molecule has 0 saturated carbocycles. The van der Waals surface area contributed by atoms with E-state index in [1.807, 2.05) is 32.0 Å². The third-order valence-corrected chi connectivity index (χ3v) is 4.17. The van der Waals surface area contributed by atoms with Crippen LogP contribution in [0.5, 0.6) is 0 Å². The van der Waals surface area contributed by atoms with Gasteiger partial charge in [0.1, 0.15) is 5.52 Å². The molecule has 0 saturated heterocycles. The minimum Gasteiger partial charge on any atom is -0.369 e. The number of nitrogen functional groups attached to an aromatic ring is 1. The molecule has 3 aromatic rings. The molecule has 6 heteroatoms. The van der Waals surface area contributed by atoms with Gasteiger partial charge in [-0.3, -0.25) is 4.57 Å². The Morgan fingerprint density at radius 1 is 1.25 bits per heavy atom. The van der Waals surface area contributed by atoms with Crippen LogP contribution < -0.4 is 5.73 Å². The minimum absolute atomic E-state index is 0.388. The molecule has 20 heavy (non-hydrogen) atoms. The molecule has 0 atom stereocenters. The van der Waals surface area contributed by atoms with E-state index >= 15 is 0 Å². The Morgan fingerprint density at radius 2 is 2.00 bits per heavy atom. The van der Waals surface area contributed by atoms with Crippen LogP contribution in [0, 0.1) is 13.8 Å². The summed E-state index contributed by atoms with van der Waals surface area (Å²) in [6.07, 6.45) is 1.80. The van der Waals surface area contributed by atoms with Crippen LogP contribution in [0.3, 0.4) is 0 Å². The third-order valence-electron chi connectivity index (χ3n) is 3.13. The molecule has 0 amide bonds. The van der Waals surface area contributed by atoms with E-state index in [1.54, 1.807) is 10.8 Å². The highest BCUT2D eigenvalue weighted by Gasteiger charge is 2.15. The fraction of sp³-hybridized carbons (Fsp3) is 0.143. The van der Waals surface area contributed by atoms with Crippen LogP contribution in [0.2, 0.25) is 5.02 Å². The summed E-state index contributed by atoms with van der Waals surface area (Å²) in [4.78, 5) is 8.79. The SMILES string of the molecule is Cc1cnc2c(c1)nc(N)n2-c1cc(Cl)c(C)cc1Br. The number of aromatic nitrogens is 3. The highest BCUT2D eigenvalue weighted by molar-refractivity contribution is 9.10. The summed E-state index contributed by atoms with van der Waals surface area (Å²) in [5.74, 6) is 0.388. The average molecular weight is 352 g/mol. The Balaban J connectivity index is 2.35. The number of rotatable bonds is 1. The van der Waals surface area contributed by atoms with Crippen molar-refractivity contribution in [2.75, 3.05) is 5.73 Å². The lowest BCUT2D eigenvalue weighted by atomic mass is 10.2. The number of hydrogen-bond acceptors (Lipinski definition) is 3. The zero-order valence-electron chi connectivity index (χ0n) is 11.0. The summed E-state index contributed by atoms with van der Waals surface area (Å²) in [5, 5.41) is 0.677. The molecule has 0 spiro atoms. The third kappa shape index (κ3) is 2.07. The first-order chi connectivity index (χ1) is 9.47. The van der Waals surface area contributed by atoms with Crippen molar-refractivity contribution in [3.8, 4) is 5.69 Å². The van der Waals surface area contributed by atoms with E-state index in [9.17, 15) is 0 Å². The quantitative estimate of drug-likeness (QED) is 0.720. The molecule has 0 aliphatic heterocycles. The molecule has 102 valence electrons. The largest absolute Gasteiger partial charge is 0.369 e. The second kappa shape index (κ2) is 4.75. The summed E-state index contributed by atoms with van der Waals surface area (Å²) in [7, 11) is 0. The number of hydrogen-bond donors (Lipinski definition) is 1. The Morgan fingerprint density at radius 3 is 2.75 bits per heavy atom. The van der Waals surface area contributed by atoms with Crippen molar-refractivity contribution < 1.29 is 0 Å². The highest BCUT2D eigenvalue weighted by atomic mass is 79.9. The van der Waals surface area contributed by atoms with Crippen LogP contribution in [0.1, 0.15) is 11.1 Å². The van der Waals surface area contributed by atoms with E-state index < -0.39 is 0 Å². The lowest BCUT2D eigenvalue weighted by Gasteiger charge is -2.10. The lowest BCUT2D eigenvalue weighted by Crippen LogP contribution is -2.02. The Hall–Kier alpha value is -1.59. The molecule has 0 aliphatic carbocycles. The van der Waals surface area contributed by atoms with E-state index in [4.69, 9.17) is 17.3 Å². The van der Waals surface area contributed by atoms with Gasteiger partial charge >= 0.3 is 0 Å². The Labute approximate surface area is 129 Å². The van der Waals surface area contributed by atoms with Crippen molar-refractivity contribution in [3.63, 3.8) is 0 Å². The molecule has 0 bridgehead atoms. The number of benzene rings is 1. The maximum absolute atomic E-state index is 6.22. The van der Waals surface area contributed by atoms with Gasteiger partial charge in [-0.15, -0.1) is 0 Å². The van der Waals surface area contributed by atoms with Crippen molar-refractivity contribution in [2.24, 2.45) is 0 Å². The lowest BCUT2D eigenvalue weighted by molar-refractivity contribution is 1.07. The second-order valence-electron chi connectivity index (χ2n) is 4.71. The van der Waals surface area contributed by atoms with Crippen molar-refractivity contribution in [1.29, 1.82) is 0 Å². The first kappa shape index (κ1) is 13.4. The molecule has 4 nitrogen and oxygen atoms in total. The van der Waals surface area contributed by atoms with Gasteiger partial charge in [0, 0.05) is 15.7 Å². The van der Waals surface area contributed by atoms with Crippen molar-refractivity contribution in [2.45, 2.75) is 13.8 Å². The number of anilines is 1. The topological polar surface area (TPSA) is 56.7 Å². The van der Waals surface area contributed by atoms with Gasteiger partial charge in [-0.1, -0.05) is 11.6 Å². The summed E-state index contributed by atoms with van der Waals surface area (Å²) in [5.41, 5.74) is 10.4. The molecule has 2 N–H and O–H groups in total. The smallest absolute Gasteiger partial charge is 0.207 e. The standard InChI is InChI=1S/C14H12BrClN4/c1-7-3-11-13(18-6-7)20(14(17)19-11)12-5-10(16)8(2)4-9(12)15/h3-6H,1-2H3,(H2,17,19). The number of halogens is 2. The van der Waals surface area contributed by atoms with Gasteiger partial charge in [-0.2, -0.15) is 0 Å². The van der Waals surface area contributed by atoms with E-state index in [2.05, 4.69) is 25.9 Å². The van der Waals surface area contributed by atoms with Crippen LogP contribution in [0.4, 0.5) is 5.95 Å². The summed E-state index contributed by atoms with van der Waals surface area (Å²) >= 11 is 9.76. The number of fused-ring (bicyclic) bond motifs is 1. The van der Waals surface area contributed by atoms with Crippen molar-refractivity contribution >= 4 is 44.6 Å². The van der Waals surface area contributed by atoms with Gasteiger partial charge in [0.25, 0.3) is 0 Å². The first-order valence-corrected chi connectivity index (χ1v) is 7.21. The van der Waals surface area contributed by atoms with E-state index in [0.717, 1.165) is 26.8 Å². The fourth-order valence-corrected chi connectivity index (χ4v) is 2.92. The van der Waals surface area contributed by atoms with Gasteiger partial charge in [-0.05, 0) is 59.1 Å². The predicted octanol–water partition coefficient (Wildman–Crippen LogP) is 4.04. The monoisotopic (exact) mass is 350 g/mol. The molecular weight excluding hydrogens is 340 g/mol. The maximum atomic E-state index is 6.22. The molecule has 2 heterocycles. The molecular formula is C14H12BrClN4. The number of imidazole rings is 1. The highest BCUT2D eigenvalue weighted by Crippen LogP contribution is 2.31. The zero-order valence-corrected chi connectivity index (χ0v) is 13.3. The van der Waals surface area contributed by atoms with Crippen LogP contribution in [-0.4, -0.2) is 14.5 Å². The zero-order chi connectivity index (χ0) is 14.4. The van der Waals surface area contributed by atoms with Crippen molar-refractivity contribution in [3.05, 3.63) is 45.0 Å². The number of aryl methyl sites for hydroxylation is 2.